The van der Waals surface area contributed by atoms with E-state index in [2.05, 4.69) is 41.5 Å². The van der Waals surface area contributed by atoms with Crippen molar-refractivity contribution in [1.29, 1.82) is 0 Å². The molecule has 1 aromatic heterocycles. The number of hydrogen-bond acceptors (Lipinski definition) is 7. The Morgan fingerprint density at radius 1 is 0.981 bits per heavy atom. The molecule has 1 aliphatic rings. The lowest BCUT2D eigenvalue weighted by molar-refractivity contribution is -0.145. The van der Waals surface area contributed by atoms with Crippen LogP contribution in [0.1, 0.15) is 87.3 Å². The van der Waals surface area contributed by atoms with Crippen LogP contribution >= 0.6 is 0 Å². The highest BCUT2D eigenvalue weighted by Gasteiger charge is 2.40. The number of carbonyl (C=O) groups excluding carboxylic acids is 2. The number of anilines is 1. The van der Waals surface area contributed by atoms with Gasteiger partial charge < -0.3 is 26.0 Å². The number of esters is 1. The zero-order chi connectivity index (χ0) is 36.7. The molecule has 1 saturated carbocycles. The molecule has 1 amide bonds. The molecule has 6 atom stereocenters. The zero-order valence-electron chi connectivity index (χ0n) is 30.4. The fraction of sp³-hybridized carbons (Fsp3) is 0.432. The minimum absolute atomic E-state index is 0.161. The molecule has 3 aromatic carbocycles. The third-order valence-electron chi connectivity index (χ3n) is 10.7. The average Bonchev–Trinajstić information content (AvgIpc) is 3.48. The van der Waals surface area contributed by atoms with Gasteiger partial charge in [0.2, 0.25) is 5.91 Å². The molecule has 0 aliphatic heterocycles. The molecule has 1 fully saturated rings. The number of benzene rings is 3. The zero-order valence-corrected chi connectivity index (χ0v) is 30.4. The number of unbranched alkanes of at least 4 members (excludes halogenated alkanes) is 1. The topological polar surface area (TPSA) is 135 Å². The largest absolute Gasteiger partial charge is 0.461 e. The number of aromatic nitrogens is 1. The molecule has 1 heterocycles. The standard InChI is InChI=1S/C44H55N3O5/c1-2-33-27-42(49)40(23-22-38(48)21-16-31-10-6-5-7-11-31)39(33)12-8-3-4-9-13-43(50)52-30-32-14-17-34(18-15-32)41(28-45)44(51)47-37-20-19-36-29-46-25-24-35(36)26-37/h3,5-8,10-11,14-15,17-20,24-26,29,33,38-42,48-49H,2,4,9,12-13,16,21-23,27-28,30,45H2,1H3,(H,47,51)/b8-3-/t33-,38-,39?,40+,41?,42+/m0/s1. The molecular weight excluding hydrogens is 650 g/mol. The van der Waals surface area contributed by atoms with Gasteiger partial charge in [0.15, 0.2) is 0 Å². The lowest BCUT2D eigenvalue weighted by atomic mass is 9.82. The van der Waals surface area contributed by atoms with E-state index in [-0.39, 0.29) is 43.2 Å². The molecule has 2 unspecified atom stereocenters. The summed E-state index contributed by atoms with van der Waals surface area (Å²) in [5.74, 6) is 0.168. The van der Waals surface area contributed by atoms with Crippen LogP contribution in [0.3, 0.4) is 0 Å². The first kappa shape index (κ1) is 38.9. The van der Waals surface area contributed by atoms with Crippen molar-refractivity contribution in [2.45, 2.75) is 95.9 Å². The number of aryl methyl sites for hydroxylation is 1. The van der Waals surface area contributed by atoms with Crippen LogP contribution in [0.15, 0.2) is 103 Å². The van der Waals surface area contributed by atoms with Crippen LogP contribution < -0.4 is 11.1 Å². The summed E-state index contributed by atoms with van der Waals surface area (Å²) in [5, 5.41) is 26.5. The van der Waals surface area contributed by atoms with Gasteiger partial charge in [-0.3, -0.25) is 14.6 Å². The van der Waals surface area contributed by atoms with Gasteiger partial charge in [0.25, 0.3) is 0 Å². The molecule has 1 aliphatic carbocycles. The first-order valence-corrected chi connectivity index (χ1v) is 19.0. The van der Waals surface area contributed by atoms with Crippen LogP contribution in [-0.2, 0) is 27.4 Å². The van der Waals surface area contributed by atoms with Crippen LogP contribution in [0.5, 0.6) is 0 Å². The van der Waals surface area contributed by atoms with Gasteiger partial charge in [0, 0.05) is 36.4 Å². The van der Waals surface area contributed by atoms with Crippen LogP contribution in [0, 0.1) is 17.8 Å². The van der Waals surface area contributed by atoms with Crippen molar-refractivity contribution in [2.24, 2.45) is 23.5 Å². The van der Waals surface area contributed by atoms with Crippen molar-refractivity contribution in [2.75, 3.05) is 11.9 Å². The lowest BCUT2D eigenvalue weighted by Crippen LogP contribution is -2.27. The number of hydrogen-bond donors (Lipinski definition) is 4. The normalized spacial score (nSPS) is 19.8. The number of aliphatic hydroxyl groups is 2. The third-order valence-corrected chi connectivity index (χ3v) is 10.7. The number of nitrogens with one attached hydrogen (secondary N) is 1. The lowest BCUT2D eigenvalue weighted by Gasteiger charge is -2.25. The summed E-state index contributed by atoms with van der Waals surface area (Å²) in [6, 6.07) is 25.3. The molecule has 0 spiro atoms. The van der Waals surface area contributed by atoms with Gasteiger partial charge in [0.1, 0.15) is 6.61 Å². The average molecular weight is 706 g/mol. The monoisotopic (exact) mass is 705 g/mol. The van der Waals surface area contributed by atoms with Gasteiger partial charge in [-0.15, -0.1) is 0 Å². The molecule has 8 nitrogen and oxygen atoms in total. The number of amides is 1. The van der Waals surface area contributed by atoms with Gasteiger partial charge in [0.05, 0.1) is 18.1 Å². The van der Waals surface area contributed by atoms with Crippen LogP contribution in [0.4, 0.5) is 5.69 Å². The number of rotatable bonds is 19. The number of fused-ring (bicyclic) bond motifs is 1. The molecule has 4 aromatic rings. The van der Waals surface area contributed by atoms with Crippen LogP contribution in [0.25, 0.3) is 10.8 Å². The van der Waals surface area contributed by atoms with Crippen LogP contribution in [-0.4, -0.2) is 45.8 Å². The van der Waals surface area contributed by atoms with E-state index in [1.165, 1.54) is 5.56 Å². The van der Waals surface area contributed by atoms with E-state index < -0.39 is 5.92 Å². The molecule has 5 N–H and O–H groups in total. The molecule has 8 heteroatoms. The second kappa shape index (κ2) is 20.0. The van der Waals surface area contributed by atoms with E-state index in [0.29, 0.717) is 36.8 Å². The Hall–Kier alpha value is -4.37. The fourth-order valence-corrected chi connectivity index (χ4v) is 7.65. The Kier molecular flexibility index (Phi) is 15.0. The van der Waals surface area contributed by atoms with E-state index in [1.807, 2.05) is 66.7 Å². The number of carbonyl (C=O) groups is 2. The number of nitrogens with zero attached hydrogens (tertiary/aromatic N) is 1. The summed E-state index contributed by atoms with van der Waals surface area (Å²) in [7, 11) is 0. The number of nitrogens with two attached hydrogens (primary N) is 1. The maximum absolute atomic E-state index is 13.1. The predicted octanol–water partition coefficient (Wildman–Crippen LogP) is 7.87. The number of aliphatic hydroxyl groups excluding tert-OH is 2. The molecule has 0 saturated heterocycles. The minimum Gasteiger partial charge on any atom is -0.461 e. The second-order valence-corrected chi connectivity index (χ2v) is 14.3. The molecule has 52 heavy (non-hydrogen) atoms. The molecule has 0 bridgehead atoms. The van der Waals surface area contributed by atoms with Crippen molar-refractivity contribution in [1.82, 2.24) is 4.98 Å². The molecule has 5 rings (SSSR count). The first-order valence-electron chi connectivity index (χ1n) is 19.0. The van der Waals surface area contributed by atoms with Gasteiger partial charge in [-0.05, 0) is 109 Å². The molecule has 276 valence electrons. The predicted molar refractivity (Wildman–Crippen MR) is 207 cm³/mol. The van der Waals surface area contributed by atoms with Crippen molar-refractivity contribution < 1.29 is 24.5 Å². The second-order valence-electron chi connectivity index (χ2n) is 14.3. The van der Waals surface area contributed by atoms with Gasteiger partial charge >= 0.3 is 5.97 Å². The third kappa shape index (κ3) is 11.3. The van der Waals surface area contributed by atoms with Gasteiger partial charge in [-0.1, -0.05) is 86.2 Å². The highest BCUT2D eigenvalue weighted by molar-refractivity contribution is 5.98. The molecule has 0 radical (unpaired) electrons. The van der Waals surface area contributed by atoms with Crippen molar-refractivity contribution in [3.8, 4) is 0 Å². The highest BCUT2D eigenvalue weighted by Crippen LogP contribution is 2.44. The smallest absolute Gasteiger partial charge is 0.306 e. The minimum atomic E-state index is -0.515. The van der Waals surface area contributed by atoms with Crippen molar-refractivity contribution in [3.63, 3.8) is 0 Å². The van der Waals surface area contributed by atoms with E-state index >= 15 is 0 Å². The SMILES string of the molecule is CC[C@H]1C[C@@H](O)[C@H](CC[C@@H](O)CCc2ccccc2)C1C/C=C\CCCC(=O)OCc1ccc(C(CN)C(=O)Nc2ccc3cnccc3c2)cc1. The van der Waals surface area contributed by atoms with Crippen molar-refractivity contribution >= 4 is 28.3 Å². The van der Waals surface area contributed by atoms with Gasteiger partial charge in [-0.2, -0.15) is 0 Å². The Labute approximate surface area is 308 Å². The van der Waals surface area contributed by atoms with E-state index in [0.717, 1.165) is 66.8 Å². The summed E-state index contributed by atoms with van der Waals surface area (Å²) >= 11 is 0. The summed E-state index contributed by atoms with van der Waals surface area (Å²) in [5.41, 5.74) is 9.59. The van der Waals surface area contributed by atoms with E-state index in [9.17, 15) is 19.8 Å². The van der Waals surface area contributed by atoms with Crippen LogP contribution in [0.2, 0.25) is 0 Å². The number of allylic oxidation sites excluding steroid dienone is 2. The summed E-state index contributed by atoms with van der Waals surface area (Å²) in [6.45, 7) is 2.53. The maximum Gasteiger partial charge on any atom is 0.306 e. The van der Waals surface area contributed by atoms with Crippen molar-refractivity contribution in [3.05, 3.63) is 120 Å². The maximum atomic E-state index is 13.1. The highest BCUT2D eigenvalue weighted by atomic mass is 16.5. The van der Waals surface area contributed by atoms with Gasteiger partial charge in [-0.25, -0.2) is 0 Å². The first-order chi connectivity index (χ1) is 25.3. The van der Waals surface area contributed by atoms with E-state index in [4.69, 9.17) is 10.5 Å². The summed E-state index contributed by atoms with van der Waals surface area (Å²) < 4.78 is 5.53. The number of pyridine rings is 1. The summed E-state index contributed by atoms with van der Waals surface area (Å²) in [4.78, 5) is 29.7. The number of ether oxygens (including phenoxy) is 1. The molecular formula is C44H55N3O5. The Bertz CT molecular complexity index is 1730. The Morgan fingerprint density at radius 2 is 1.79 bits per heavy atom. The summed E-state index contributed by atoms with van der Waals surface area (Å²) in [6.07, 6.45) is 15.0. The fourth-order valence-electron chi connectivity index (χ4n) is 7.65. The Morgan fingerprint density at radius 3 is 2.56 bits per heavy atom. The Balaban J connectivity index is 0.995. The van der Waals surface area contributed by atoms with E-state index in [1.54, 1.807) is 12.4 Å². The quantitative estimate of drug-likeness (QED) is 0.0443.